The molecule has 0 aromatic carbocycles. The fourth-order valence-corrected chi connectivity index (χ4v) is 3.92. The molecule has 110 valence electrons. The number of fused-ring (bicyclic) bond motifs is 1. The van der Waals surface area contributed by atoms with Crippen molar-refractivity contribution < 1.29 is 14.7 Å². The van der Waals surface area contributed by atoms with E-state index in [-0.39, 0.29) is 17.9 Å². The number of carboxylic acids is 1. The molecule has 1 aromatic heterocycles. The minimum absolute atomic E-state index is 0.124. The van der Waals surface area contributed by atoms with Crippen molar-refractivity contribution >= 4 is 23.2 Å². The zero-order valence-corrected chi connectivity index (χ0v) is 12.8. The highest BCUT2D eigenvalue weighted by Crippen LogP contribution is 2.41. The number of thiophene rings is 1. The van der Waals surface area contributed by atoms with Gasteiger partial charge in [0.05, 0.1) is 12.1 Å². The normalized spacial score (nSPS) is 16.6. The molecular formula is C14H20N2O3S. The van der Waals surface area contributed by atoms with E-state index in [1.54, 1.807) is 0 Å². The number of rotatable bonds is 3. The van der Waals surface area contributed by atoms with Gasteiger partial charge in [-0.2, -0.15) is 0 Å². The van der Waals surface area contributed by atoms with Crippen LogP contribution in [0.2, 0.25) is 0 Å². The maximum absolute atomic E-state index is 11.6. The molecule has 0 atom stereocenters. The van der Waals surface area contributed by atoms with Crippen molar-refractivity contribution in [3.05, 3.63) is 20.9 Å². The molecule has 0 fully saturated rings. The third-order valence-corrected chi connectivity index (χ3v) is 5.06. The lowest BCUT2D eigenvalue weighted by Crippen LogP contribution is -2.34. The zero-order chi connectivity index (χ0) is 15.1. The fourth-order valence-electron chi connectivity index (χ4n) is 2.60. The monoisotopic (exact) mass is 296 g/mol. The summed E-state index contributed by atoms with van der Waals surface area (Å²) in [5.74, 6) is 4.43. The molecule has 5 nitrogen and oxygen atoms in total. The minimum atomic E-state index is -0.924. The molecule has 1 aliphatic rings. The van der Waals surface area contributed by atoms with E-state index in [2.05, 4.69) is 13.8 Å². The van der Waals surface area contributed by atoms with E-state index in [4.69, 9.17) is 5.84 Å². The van der Waals surface area contributed by atoms with Crippen molar-refractivity contribution in [2.24, 2.45) is 11.3 Å². The lowest BCUT2D eigenvalue weighted by molar-refractivity contribution is -0.129. The molecule has 1 aliphatic carbocycles. The number of nitrogens with two attached hydrogens (primary N) is 1. The maximum Gasteiger partial charge on any atom is 0.337 e. The molecule has 1 aromatic rings. The van der Waals surface area contributed by atoms with Gasteiger partial charge in [0, 0.05) is 16.7 Å². The molecule has 0 unspecified atom stereocenters. The number of hydrogen-bond donors (Lipinski definition) is 2. The molecule has 0 radical (unpaired) electrons. The van der Waals surface area contributed by atoms with Gasteiger partial charge in [-0.1, -0.05) is 13.8 Å². The Morgan fingerprint density at radius 2 is 2.10 bits per heavy atom. The summed E-state index contributed by atoms with van der Waals surface area (Å²) in [5.41, 5.74) is 1.42. The number of carbonyl (C=O) groups excluding carboxylic acids is 1. The molecule has 3 N–H and O–H groups in total. The predicted molar refractivity (Wildman–Crippen MR) is 77.5 cm³/mol. The summed E-state index contributed by atoms with van der Waals surface area (Å²) in [6.07, 6.45) is 2.72. The first kappa shape index (κ1) is 15.0. The lowest BCUT2D eigenvalue weighted by atomic mass is 9.76. The number of amides is 1. The molecule has 0 saturated heterocycles. The van der Waals surface area contributed by atoms with Gasteiger partial charge in [0.25, 0.3) is 0 Å². The van der Waals surface area contributed by atoms with Crippen molar-refractivity contribution in [1.82, 2.24) is 5.01 Å². The number of carboxylic acid groups (broad SMARTS) is 1. The lowest BCUT2D eigenvalue weighted by Gasteiger charge is -2.29. The van der Waals surface area contributed by atoms with Crippen molar-refractivity contribution in [3.8, 4) is 0 Å². The third-order valence-electron chi connectivity index (χ3n) is 3.78. The van der Waals surface area contributed by atoms with Crippen molar-refractivity contribution in [2.45, 2.75) is 46.6 Å². The van der Waals surface area contributed by atoms with E-state index < -0.39 is 5.97 Å². The number of nitrogens with zero attached hydrogens (tertiary/aromatic N) is 1. The number of hydrazine groups is 1. The van der Waals surface area contributed by atoms with Crippen molar-refractivity contribution in [3.63, 3.8) is 0 Å². The highest BCUT2D eigenvalue weighted by Gasteiger charge is 2.32. The summed E-state index contributed by atoms with van der Waals surface area (Å²) < 4.78 is 0. The number of aryl methyl sites for hydroxylation is 1. The van der Waals surface area contributed by atoms with Gasteiger partial charge < -0.3 is 5.11 Å². The van der Waals surface area contributed by atoms with Crippen LogP contribution in [0.15, 0.2) is 0 Å². The van der Waals surface area contributed by atoms with Crippen molar-refractivity contribution in [1.29, 1.82) is 0 Å². The third kappa shape index (κ3) is 2.86. The highest BCUT2D eigenvalue weighted by atomic mass is 32.1. The number of aromatic carboxylic acids is 1. The molecule has 0 spiro atoms. The van der Waals surface area contributed by atoms with Crippen LogP contribution in [0, 0.1) is 5.41 Å². The molecular weight excluding hydrogens is 276 g/mol. The largest absolute Gasteiger partial charge is 0.478 e. The summed E-state index contributed by atoms with van der Waals surface area (Å²) in [7, 11) is 0. The van der Waals surface area contributed by atoms with Crippen LogP contribution in [0.3, 0.4) is 0 Å². The first-order chi connectivity index (χ1) is 9.21. The van der Waals surface area contributed by atoms with Crippen LogP contribution < -0.4 is 5.84 Å². The second-order valence-electron chi connectivity index (χ2n) is 6.10. The molecule has 2 rings (SSSR count). The Hall–Kier alpha value is -1.40. The Morgan fingerprint density at radius 3 is 2.65 bits per heavy atom. The second kappa shape index (κ2) is 5.18. The summed E-state index contributed by atoms with van der Waals surface area (Å²) in [5, 5.41) is 10.6. The first-order valence-electron chi connectivity index (χ1n) is 6.61. The van der Waals surface area contributed by atoms with Crippen LogP contribution in [0.25, 0.3) is 0 Å². The van der Waals surface area contributed by atoms with Crippen LogP contribution >= 0.6 is 11.3 Å². The van der Waals surface area contributed by atoms with Gasteiger partial charge in [-0.3, -0.25) is 9.80 Å². The quantitative estimate of drug-likeness (QED) is 0.509. The Bertz CT molecular complexity index is 563. The molecule has 0 aliphatic heterocycles. The summed E-state index contributed by atoms with van der Waals surface area (Å²) in [6, 6.07) is 0. The standard InChI is InChI=1S/C14H20N2O3S/c1-8(17)16(15)7-11-12(13(18)19)9-6-14(2,3)5-4-10(9)20-11/h4-7,15H2,1-3H3,(H,18,19). The van der Waals surface area contributed by atoms with E-state index in [0.717, 1.165) is 34.7 Å². The molecule has 1 amide bonds. The van der Waals surface area contributed by atoms with Gasteiger partial charge in [0.1, 0.15) is 0 Å². The van der Waals surface area contributed by atoms with Crippen LogP contribution in [-0.4, -0.2) is 22.0 Å². The number of carbonyl (C=O) groups is 2. The average Bonchev–Trinajstić information content (AvgIpc) is 2.64. The maximum atomic E-state index is 11.6. The molecule has 1 heterocycles. The van der Waals surface area contributed by atoms with E-state index in [9.17, 15) is 14.7 Å². The summed E-state index contributed by atoms with van der Waals surface area (Å²) >= 11 is 1.48. The fraction of sp³-hybridized carbons (Fsp3) is 0.571. The van der Waals surface area contributed by atoms with Crippen LogP contribution in [0.1, 0.15) is 52.9 Å². The molecule has 0 bridgehead atoms. The first-order valence-corrected chi connectivity index (χ1v) is 7.42. The SMILES string of the molecule is CC(=O)N(N)Cc1sc2c(c1C(=O)O)CC(C)(C)CC2. The second-order valence-corrected chi connectivity index (χ2v) is 7.28. The van der Waals surface area contributed by atoms with Crippen LogP contribution in [0.5, 0.6) is 0 Å². The zero-order valence-electron chi connectivity index (χ0n) is 12.0. The van der Waals surface area contributed by atoms with Crippen LogP contribution in [0.4, 0.5) is 0 Å². The Labute approximate surface area is 122 Å². The van der Waals surface area contributed by atoms with Gasteiger partial charge in [0.15, 0.2) is 0 Å². The predicted octanol–water partition coefficient (Wildman–Crippen LogP) is 2.18. The van der Waals surface area contributed by atoms with E-state index >= 15 is 0 Å². The van der Waals surface area contributed by atoms with Gasteiger partial charge >= 0.3 is 5.97 Å². The minimum Gasteiger partial charge on any atom is -0.478 e. The molecule has 20 heavy (non-hydrogen) atoms. The smallest absolute Gasteiger partial charge is 0.337 e. The number of hydrogen-bond acceptors (Lipinski definition) is 4. The topological polar surface area (TPSA) is 83.6 Å². The van der Waals surface area contributed by atoms with E-state index in [1.807, 2.05) is 0 Å². The van der Waals surface area contributed by atoms with Gasteiger partial charge in [0.2, 0.25) is 5.91 Å². The molecule has 0 saturated carbocycles. The van der Waals surface area contributed by atoms with Crippen LogP contribution in [-0.2, 0) is 24.2 Å². The van der Waals surface area contributed by atoms with E-state index in [0.29, 0.717) is 10.4 Å². The Balaban J connectivity index is 2.42. The average molecular weight is 296 g/mol. The Kier molecular flexibility index (Phi) is 3.88. The Morgan fingerprint density at radius 1 is 1.45 bits per heavy atom. The van der Waals surface area contributed by atoms with Gasteiger partial charge in [-0.05, 0) is 30.2 Å². The molecule has 6 heteroatoms. The van der Waals surface area contributed by atoms with Gasteiger partial charge in [-0.25, -0.2) is 10.6 Å². The summed E-state index contributed by atoms with van der Waals surface area (Å²) in [6.45, 7) is 5.85. The highest BCUT2D eigenvalue weighted by molar-refractivity contribution is 7.12. The summed E-state index contributed by atoms with van der Waals surface area (Å²) in [4.78, 5) is 24.6. The van der Waals surface area contributed by atoms with Gasteiger partial charge in [-0.15, -0.1) is 11.3 Å². The van der Waals surface area contributed by atoms with E-state index in [1.165, 1.54) is 18.3 Å². The van der Waals surface area contributed by atoms with Crippen molar-refractivity contribution in [2.75, 3.05) is 0 Å².